The number of allylic oxidation sites excluding steroid dienone is 1. The summed E-state index contributed by atoms with van der Waals surface area (Å²) in [4.78, 5) is 15.0. The number of ketones is 1. The molecule has 6 aromatic rings. The van der Waals surface area contributed by atoms with E-state index in [1.165, 1.54) is 0 Å². The fourth-order valence-corrected chi connectivity index (χ4v) is 9.68. The predicted octanol–water partition coefficient (Wildman–Crippen LogP) is 7.37. The highest BCUT2D eigenvalue weighted by Crippen LogP contribution is 2.72. The molecule has 0 heterocycles. The SMILES string of the molecule is COc1cc2c(O)cccc2c2c1[C@H]1C(=O)[C@H]3C=Cc4c(OC)c(OC)c5ccc6c(OC)cc7c(OC)cc1c1c7c6c5c4[C@]213. The Bertz CT molecular complexity index is 2510. The Morgan fingerprint density at radius 3 is 2.09 bits per heavy atom. The molecule has 1 spiro atoms. The number of phenols is 1. The van der Waals surface area contributed by atoms with Gasteiger partial charge in [0.25, 0.3) is 0 Å². The molecule has 0 aromatic heterocycles. The largest absolute Gasteiger partial charge is 0.507 e. The van der Waals surface area contributed by atoms with Gasteiger partial charge in [-0.05, 0) is 74.8 Å². The molecule has 0 aliphatic heterocycles. The minimum absolute atomic E-state index is 0.105. The lowest BCUT2D eigenvalue weighted by molar-refractivity contribution is -0.124. The standard InChI is InChI=1S/C39H28O7/c1-42-25-14-21-26(43-2)15-22-31-32-27(44-3)13-20-16(7-6-8-24(20)40)33(32)39-23(36(31)41)12-11-19-34(39)29-18(37(45-4)38(19)46-5)10-9-17(25)28(29)30(21)35(22)39/h6-15,23,31,40H,1-5H3/t23-,31+,39+/m1/s1. The van der Waals surface area contributed by atoms with Gasteiger partial charge < -0.3 is 28.8 Å². The third-order valence-corrected chi connectivity index (χ3v) is 11.1. The number of rotatable bonds is 5. The van der Waals surface area contributed by atoms with Crippen LogP contribution in [0.3, 0.4) is 0 Å². The molecule has 46 heavy (non-hydrogen) atoms. The molecule has 0 unspecified atom stereocenters. The van der Waals surface area contributed by atoms with Gasteiger partial charge in [0, 0.05) is 38.1 Å². The Balaban J connectivity index is 1.61. The van der Waals surface area contributed by atoms with E-state index in [-0.39, 0.29) is 11.5 Å². The fraction of sp³-hybridized carbons (Fsp3) is 0.205. The molecular weight excluding hydrogens is 580 g/mol. The molecule has 0 amide bonds. The van der Waals surface area contributed by atoms with Crippen LogP contribution in [-0.2, 0) is 10.2 Å². The van der Waals surface area contributed by atoms with Gasteiger partial charge in [-0.3, -0.25) is 4.79 Å². The Labute approximate surface area is 263 Å². The van der Waals surface area contributed by atoms with Crippen LogP contribution >= 0.6 is 0 Å². The van der Waals surface area contributed by atoms with Crippen molar-refractivity contribution in [3.05, 3.63) is 88.0 Å². The molecule has 3 atom stereocenters. The quantitative estimate of drug-likeness (QED) is 0.205. The average Bonchev–Trinajstić information content (AvgIpc) is 3.08. The number of benzene rings is 6. The molecule has 0 saturated heterocycles. The number of phenolic OH excluding ortho intramolecular Hbond substituents is 1. The zero-order valence-electron chi connectivity index (χ0n) is 25.8. The van der Waals surface area contributed by atoms with E-state index in [1.807, 2.05) is 24.3 Å². The molecule has 2 bridgehead atoms. The number of ether oxygens (including phenoxy) is 5. The van der Waals surface area contributed by atoms with Crippen LogP contribution in [0.15, 0.2) is 54.6 Å². The maximum atomic E-state index is 15.0. The first-order valence-electron chi connectivity index (χ1n) is 15.3. The highest BCUT2D eigenvalue weighted by atomic mass is 16.5. The first-order chi connectivity index (χ1) is 22.5. The third kappa shape index (κ3) is 2.47. The van der Waals surface area contributed by atoms with Crippen LogP contribution in [0.2, 0.25) is 0 Å². The van der Waals surface area contributed by atoms with Crippen molar-refractivity contribution in [1.82, 2.24) is 0 Å². The summed E-state index contributed by atoms with van der Waals surface area (Å²) in [5, 5.41) is 18.6. The fourth-order valence-electron chi connectivity index (χ4n) is 9.68. The number of hydrogen-bond donors (Lipinski definition) is 1. The van der Waals surface area contributed by atoms with E-state index < -0.39 is 17.3 Å². The van der Waals surface area contributed by atoms with E-state index in [2.05, 4.69) is 30.3 Å². The van der Waals surface area contributed by atoms with Gasteiger partial charge in [0.05, 0.1) is 52.8 Å². The van der Waals surface area contributed by atoms with Crippen molar-refractivity contribution in [2.75, 3.05) is 35.5 Å². The normalized spacial score (nSPS) is 20.8. The summed E-state index contributed by atoms with van der Waals surface area (Å²) in [7, 11) is 8.31. The molecule has 1 N–H and O–H groups in total. The number of Topliss-reactive ketones (excluding diaryl/α,β-unsaturated/α-hetero) is 1. The van der Waals surface area contributed by atoms with E-state index in [0.717, 1.165) is 76.8 Å². The number of carbonyl (C=O) groups excluding carboxylic acids is 1. The topological polar surface area (TPSA) is 83.5 Å². The van der Waals surface area contributed by atoms with E-state index in [4.69, 9.17) is 23.7 Å². The monoisotopic (exact) mass is 608 g/mol. The lowest BCUT2D eigenvalue weighted by Gasteiger charge is -2.57. The van der Waals surface area contributed by atoms with Gasteiger partial charge in [0.2, 0.25) is 0 Å². The van der Waals surface area contributed by atoms with Crippen molar-refractivity contribution >= 4 is 54.9 Å². The Morgan fingerprint density at radius 1 is 0.652 bits per heavy atom. The Morgan fingerprint density at radius 2 is 1.35 bits per heavy atom. The maximum absolute atomic E-state index is 15.0. The van der Waals surface area contributed by atoms with Crippen molar-refractivity contribution < 1.29 is 33.6 Å². The second-order valence-corrected chi connectivity index (χ2v) is 12.5. The van der Waals surface area contributed by atoms with Crippen LogP contribution in [0.5, 0.6) is 34.5 Å². The molecule has 11 rings (SSSR count). The van der Waals surface area contributed by atoms with Crippen molar-refractivity contribution in [3.8, 4) is 34.5 Å². The highest BCUT2D eigenvalue weighted by Gasteiger charge is 2.64. The molecule has 5 aliphatic carbocycles. The molecule has 5 aliphatic rings. The summed E-state index contributed by atoms with van der Waals surface area (Å²) in [6, 6.07) is 15.7. The van der Waals surface area contributed by atoms with Crippen LogP contribution in [0, 0.1) is 5.92 Å². The van der Waals surface area contributed by atoms with Gasteiger partial charge in [-0.25, -0.2) is 0 Å². The van der Waals surface area contributed by atoms with Crippen LogP contribution in [0.4, 0.5) is 0 Å². The zero-order chi connectivity index (χ0) is 31.4. The lowest BCUT2D eigenvalue weighted by atomic mass is 9.43. The van der Waals surface area contributed by atoms with Gasteiger partial charge in [-0.1, -0.05) is 24.3 Å². The van der Waals surface area contributed by atoms with Gasteiger partial charge in [0.1, 0.15) is 23.0 Å². The molecule has 0 radical (unpaired) electrons. The molecular formula is C39H28O7. The second-order valence-electron chi connectivity index (χ2n) is 12.5. The van der Waals surface area contributed by atoms with Crippen molar-refractivity contribution in [2.24, 2.45) is 5.92 Å². The molecule has 6 aromatic carbocycles. The van der Waals surface area contributed by atoms with E-state index >= 15 is 4.79 Å². The van der Waals surface area contributed by atoms with Crippen LogP contribution < -0.4 is 23.7 Å². The van der Waals surface area contributed by atoms with Crippen LogP contribution in [-0.4, -0.2) is 46.4 Å². The van der Waals surface area contributed by atoms with Gasteiger partial charge in [-0.15, -0.1) is 0 Å². The first kappa shape index (κ1) is 25.9. The molecule has 7 nitrogen and oxygen atoms in total. The maximum Gasteiger partial charge on any atom is 0.169 e. The smallest absolute Gasteiger partial charge is 0.169 e. The first-order valence-corrected chi connectivity index (χ1v) is 15.3. The highest BCUT2D eigenvalue weighted by molar-refractivity contribution is 6.31. The van der Waals surface area contributed by atoms with Crippen molar-refractivity contribution in [3.63, 3.8) is 0 Å². The summed E-state index contributed by atoms with van der Waals surface area (Å²) in [6.45, 7) is 0. The lowest BCUT2D eigenvalue weighted by Crippen LogP contribution is -2.55. The molecule has 226 valence electrons. The Kier molecular flexibility index (Phi) is 4.63. The Hall–Kier alpha value is -5.43. The van der Waals surface area contributed by atoms with E-state index in [0.29, 0.717) is 28.4 Å². The number of methoxy groups -OCH3 is 5. The zero-order valence-corrected chi connectivity index (χ0v) is 25.8. The summed E-state index contributed by atoms with van der Waals surface area (Å²) >= 11 is 0. The minimum atomic E-state index is -0.959. The van der Waals surface area contributed by atoms with Gasteiger partial charge in [0.15, 0.2) is 17.3 Å². The van der Waals surface area contributed by atoms with E-state index in [1.54, 1.807) is 41.6 Å². The van der Waals surface area contributed by atoms with E-state index in [9.17, 15) is 5.11 Å². The summed E-state index contributed by atoms with van der Waals surface area (Å²) in [5.74, 6) is 2.39. The summed E-state index contributed by atoms with van der Waals surface area (Å²) in [5.41, 5.74) is 4.74. The number of carbonyl (C=O) groups is 1. The number of aromatic hydroxyl groups is 1. The third-order valence-electron chi connectivity index (χ3n) is 11.1. The molecule has 0 fully saturated rings. The second kappa shape index (κ2) is 8.23. The number of fused-ring (bicyclic) bond motifs is 1. The summed E-state index contributed by atoms with van der Waals surface area (Å²) < 4.78 is 30.5. The van der Waals surface area contributed by atoms with Crippen LogP contribution in [0.25, 0.3) is 49.2 Å². The van der Waals surface area contributed by atoms with Gasteiger partial charge in [-0.2, -0.15) is 0 Å². The molecule has 7 heteroatoms. The predicted molar refractivity (Wildman–Crippen MR) is 177 cm³/mol. The minimum Gasteiger partial charge on any atom is -0.507 e. The van der Waals surface area contributed by atoms with Crippen molar-refractivity contribution in [1.29, 1.82) is 0 Å². The van der Waals surface area contributed by atoms with Gasteiger partial charge >= 0.3 is 0 Å². The number of hydrogen-bond acceptors (Lipinski definition) is 7. The average molecular weight is 609 g/mol. The van der Waals surface area contributed by atoms with Crippen LogP contribution in [0.1, 0.15) is 39.3 Å². The summed E-state index contributed by atoms with van der Waals surface area (Å²) in [6.07, 6.45) is 4.09. The molecule has 0 saturated carbocycles. The van der Waals surface area contributed by atoms with Crippen molar-refractivity contribution in [2.45, 2.75) is 11.3 Å².